The van der Waals surface area contributed by atoms with E-state index >= 15 is 0 Å². The van der Waals surface area contributed by atoms with Crippen molar-refractivity contribution >= 4 is 94.3 Å². The van der Waals surface area contributed by atoms with Crippen molar-refractivity contribution in [2.45, 2.75) is 20.8 Å². The van der Waals surface area contributed by atoms with E-state index in [4.69, 9.17) is 13.3 Å². The van der Waals surface area contributed by atoms with Gasteiger partial charge in [0.25, 0.3) is 0 Å². The molecule has 3 aromatic heterocycles. The maximum absolute atomic E-state index is 6.64. The molecule has 0 N–H and O–H groups in total. The predicted molar refractivity (Wildman–Crippen MR) is 212 cm³/mol. The summed E-state index contributed by atoms with van der Waals surface area (Å²) in [4.78, 5) is 4.49. The van der Waals surface area contributed by atoms with Crippen molar-refractivity contribution in [1.29, 1.82) is 0 Å². The Hall–Kier alpha value is -6.46. The van der Waals surface area contributed by atoms with Gasteiger partial charge in [-0.05, 0) is 105 Å². The summed E-state index contributed by atoms with van der Waals surface area (Å²) in [7, 11) is 2.09. The van der Waals surface area contributed by atoms with Crippen LogP contribution in [-0.4, -0.2) is 7.05 Å². The highest BCUT2D eigenvalue weighted by Crippen LogP contribution is 2.43. The smallest absolute Gasteiger partial charge is 0.137 e. The molecule has 0 aliphatic carbocycles. The number of furan rings is 3. The van der Waals surface area contributed by atoms with Crippen LogP contribution in [0.5, 0.6) is 0 Å². The van der Waals surface area contributed by atoms with E-state index in [0.29, 0.717) is 0 Å². The highest BCUT2D eigenvalue weighted by Gasteiger charge is 2.20. The Kier molecular flexibility index (Phi) is 6.37. The summed E-state index contributed by atoms with van der Waals surface area (Å²) in [6.45, 7) is 6.40. The molecular formula is C46H34N2O3. The van der Waals surface area contributed by atoms with E-state index in [-0.39, 0.29) is 0 Å². The van der Waals surface area contributed by atoms with Crippen LogP contribution in [0.25, 0.3) is 65.8 Å². The van der Waals surface area contributed by atoms with E-state index < -0.39 is 0 Å². The molecule has 10 rings (SSSR count). The van der Waals surface area contributed by atoms with Gasteiger partial charge in [-0.15, -0.1) is 0 Å². The van der Waals surface area contributed by atoms with Gasteiger partial charge in [0.15, 0.2) is 0 Å². The summed E-state index contributed by atoms with van der Waals surface area (Å²) in [6, 6.07) is 47.0. The second-order valence-electron chi connectivity index (χ2n) is 13.7. The summed E-state index contributed by atoms with van der Waals surface area (Å²) >= 11 is 0. The van der Waals surface area contributed by atoms with Crippen LogP contribution in [0.1, 0.15) is 16.7 Å². The van der Waals surface area contributed by atoms with E-state index in [2.05, 4.69) is 159 Å². The maximum Gasteiger partial charge on any atom is 0.137 e. The van der Waals surface area contributed by atoms with Crippen molar-refractivity contribution in [3.63, 3.8) is 0 Å². The Morgan fingerprint density at radius 1 is 0.373 bits per heavy atom. The number of aryl methyl sites for hydroxylation is 3. The summed E-state index contributed by atoms with van der Waals surface area (Å²) in [5.74, 6) is 0. The summed E-state index contributed by atoms with van der Waals surface area (Å²) in [5.41, 5.74) is 14.1. The minimum atomic E-state index is 0.837. The third kappa shape index (κ3) is 4.69. The Morgan fingerprint density at radius 2 is 0.843 bits per heavy atom. The largest absolute Gasteiger partial charge is 0.456 e. The molecule has 0 radical (unpaired) electrons. The van der Waals surface area contributed by atoms with Crippen LogP contribution in [-0.2, 0) is 0 Å². The predicted octanol–water partition coefficient (Wildman–Crippen LogP) is 13.5. The third-order valence-electron chi connectivity index (χ3n) is 10.3. The first-order valence-electron chi connectivity index (χ1n) is 17.3. The van der Waals surface area contributed by atoms with Gasteiger partial charge in [0.2, 0.25) is 0 Å². The zero-order valence-electron chi connectivity index (χ0n) is 28.8. The average Bonchev–Trinajstić information content (AvgIpc) is 3.81. The molecule has 5 nitrogen and oxygen atoms in total. The monoisotopic (exact) mass is 662 g/mol. The molecule has 0 amide bonds. The molecular weight excluding hydrogens is 629 g/mol. The lowest BCUT2D eigenvalue weighted by molar-refractivity contribution is 0.668. The zero-order valence-corrected chi connectivity index (χ0v) is 28.8. The molecule has 7 aromatic carbocycles. The van der Waals surface area contributed by atoms with E-state index in [9.17, 15) is 0 Å². The lowest BCUT2D eigenvalue weighted by Gasteiger charge is -2.27. The standard InChI is InChI=1S/C46H34N2O3/c1-27-10-19-40(29(3)21-27)48(32-12-17-37-35-15-9-28(2)22-43(35)50-45(37)25-32)33-13-18-38-36-16-11-31(24-44(36)51-46(38)26-33)47(4)30-14-20-42-39(23-30)34-7-5-6-8-41(34)49-42/h5-26H,1-4H3. The molecule has 51 heavy (non-hydrogen) atoms. The van der Waals surface area contributed by atoms with Crippen LogP contribution in [0.3, 0.4) is 0 Å². The number of rotatable bonds is 5. The minimum absolute atomic E-state index is 0.837. The highest BCUT2D eigenvalue weighted by molar-refractivity contribution is 6.09. The maximum atomic E-state index is 6.64. The molecule has 0 saturated heterocycles. The Labute approximate surface area is 294 Å². The molecule has 0 spiro atoms. The summed E-state index contributed by atoms with van der Waals surface area (Å²) in [6.07, 6.45) is 0. The quantitative estimate of drug-likeness (QED) is 0.184. The van der Waals surface area contributed by atoms with Gasteiger partial charge in [0.05, 0.1) is 0 Å². The van der Waals surface area contributed by atoms with Crippen molar-refractivity contribution < 1.29 is 13.3 Å². The van der Waals surface area contributed by atoms with Crippen molar-refractivity contribution in [2.75, 3.05) is 16.8 Å². The number of anilines is 5. The highest BCUT2D eigenvalue weighted by atomic mass is 16.3. The Balaban J connectivity index is 1.07. The molecule has 0 aliphatic rings. The number of benzene rings is 7. The van der Waals surface area contributed by atoms with E-state index in [1.807, 2.05) is 12.1 Å². The SMILES string of the molecule is Cc1ccc(N(c2ccc3c(c2)oc2cc(C)ccc23)c2ccc3c(c2)oc2cc(N(C)c4ccc5oc6ccccc6c5c4)ccc23)c(C)c1. The van der Waals surface area contributed by atoms with Gasteiger partial charge in [0, 0.05) is 86.0 Å². The van der Waals surface area contributed by atoms with Crippen molar-refractivity contribution in [1.82, 2.24) is 0 Å². The van der Waals surface area contributed by atoms with E-state index in [1.54, 1.807) is 0 Å². The lowest BCUT2D eigenvalue weighted by Crippen LogP contribution is -2.11. The molecule has 246 valence electrons. The fourth-order valence-electron chi connectivity index (χ4n) is 7.67. The van der Waals surface area contributed by atoms with Crippen LogP contribution >= 0.6 is 0 Å². The first-order valence-corrected chi connectivity index (χ1v) is 17.3. The fourth-order valence-corrected chi connectivity index (χ4v) is 7.67. The third-order valence-corrected chi connectivity index (χ3v) is 10.3. The second-order valence-corrected chi connectivity index (χ2v) is 13.7. The van der Waals surface area contributed by atoms with Crippen molar-refractivity contribution in [3.05, 3.63) is 150 Å². The van der Waals surface area contributed by atoms with Gasteiger partial charge in [-0.25, -0.2) is 0 Å². The second kappa shape index (κ2) is 11.0. The molecule has 0 atom stereocenters. The first kappa shape index (κ1) is 29.5. The summed E-state index contributed by atoms with van der Waals surface area (Å²) in [5, 5.41) is 6.63. The van der Waals surface area contributed by atoms with Gasteiger partial charge in [-0.2, -0.15) is 0 Å². The van der Waals surface area contributed by atoms with Gasteiger partial charge >= 0.3 is 0 Å². The number of hydrogen-bond acceptors (Lipinski definition) is 5. The molecule has 0 saturated carbocycles. The molecule has 0 bridgehead atoms. The zero-order chi connectivity index (χ0) is 34.4. The van der Waals surface area contributed by atoms with Crippen LogP contribution in [0.15, 0.2) is 147 Å². The van der Waals surface area contributed by atoms with Gasteiger partial charge < -0.3 is 23.1 Å². The van der Waals surface area contributed by atoms with Crippen LogP contribution < -0.4 is 9.80 Å². The van der Waals surface area contributed by atoms with Gasteiger partial charge in [-0.1, -0.05) is 48.0 Å². The Bertz CT molecular complexity index is 3000. The molecule has 0 fully saturated rings. The lowest BCUT2D eigenvalue weighted by atomic mass is 10.1. The number of nitrogens with zero attached hydrogens (tertiary/aromatic N) is 2. The molecule has 0 aliphatic heterocycles. The normalized spacial score (nSPS) is 11.9. The molecule has 5 heteroatoms. The van der Waals surface area contributed by atoms with Crippen molar-refractivity contribution in [3.8, 4) is 0 Å². The minimum Gasteiger partial charge on any atom is -0.456 e. The fraction of sp³-hybridized carbons (Fsp3) is 0.0870. The van der Waals surface area contributed by atoms with Crippen LogP contribution in [0.2, 0.25) is 0 Å². The van der Waals surface area contributed by atoms with E-state index in [0.717, 1.165) is 94.3 Å². The summed E-state index contributed by atoms with van der Waals surface area (Å²) < 4.78 is 19.1. The molecule has 10 aromatic rings. The number of para-hydroxylation sites is 1. The average molecular weight is 663 g/mol. The topological polar surface area (TPSA) is 45.9 Å². The van der Waals surface area contributed by atoms with Crippen LogP contribution in [0.4, 0.5) is 28.4 Å². The number of hydrogen-bond donors (Lipinski definition) is 0. The molecule has 3 heterocycles. The van der Waals surface area contributed by atoms with E-state index in [1.165, 1.54) is 16.7 Å². The number of fused-ring (bicyclic) bond motifs is 9. The molecule has 0 unspecified atom stereocenters. The van der Waals surface area contributed by atoms with Crippen LogP contribution in [0, 0.1) is 20.8 Å². The van der Waals surface area contributed by atoms with Crippen molar-refractivity contribution in [2.24, 2.45) is 0 Å². The Morgan fingerprint density at radius 3 is 1.53 bits per heavy atom. The van der Waals surface area contributed by atoms with Gasteiger partial charge in [-0.3, -0.25) is 0 Å². The first-order chi connectivity index (χ1) is 24.9. The van der Waals surface area contributed by atoms with Gasteiger partial charge in [0.1, 0.15) is 33.5 Å².